The minimum atomic E-state index is -0.542. The van der Waals surface area contributed by atoms with Crippen molar-refractivity contribution in [2.45, 2.75) is 32.9 Å². The lowest BCUT2D eigenvalue weighted by atomic mass is 10.2. The molecule has 0 aliphatic rings. The Morgan fingerprint density at radius 2 is 2.16 bits per heavy atom. The Kier molecular flexibility index (Phi) is 5.43. The van der Waals surface area contributed by atoms with E-state index in [0.717, 1.165) is 0 Å². The molecular weight excluding hydrogens is 336 g/mol. The third kappa shape index (κ3) is 5.65. The van der Waals surface area contributed by atoms with Crippen LogP contribution in [0.4, 0.5) is 4.79 Å². The van der Waals surface area contributed by atoms with Crippen LogP contribution < -0.4 is 10.9 Å². The van der Waals surface area contributed by atoms with Gasteiger partial charge in [-0.2, -0.15) is 0 Å². The van der Waals surface area contributed by atoms with Gasteiger partial charge in [-0.3, -0.25) is 4.79 Å². The van der Waals surface area contributed by atoms with Crippen LogP contribution in [0.5, 0.6) is 0 Å². The van der Waals surface area contributed by atoms with Crippen molar-refractivity contribution < 1.29 is 9.53 Å². The van der Waals surface area contributed by atoms with Crippen molar-refractivity contribution >= 4 is 33.6 Å². The van der Waals surface area contributed by atoms with E-state index in [4.69, 9.17) is 16.3 Å². The standard InChI is InChI=1S/C12H16BrClN2O3/c1-12(2,3)19-11(18)15-4-5-16-7-8(14)6-9(13)10(16)17/h6-7H,4-5H2,1-3H3,(H,15,18). The molecule has 0 bridgehead atoms. The highest BCUT2D eigenvalue weighted by Gasteiger charge is 2.15. The normalized spacial score (nSPS) is 11.2. The van der Waals surface area contributed by atoms with Crippen LogP contribution in [0.1, 0.15) is 20.8 Å². The third-order valence-electron chi connectivity index (χ3n) is 2.03. The lowest BCUT2D eigenvalue weighted by molar-refractivity contribution is 0.0526. The molecule has 0 aliphatic heterocycles. The highest BCUT2D eigenvalue weighted by atomic mass is 79.9. The Labute approximate surface area is 125 Å². The molecule has 1 aromatic rings. The van der Waals surface area contributed by atoms with Crippen molar-refractivity contribution in [3.8, 4) is 0 Å². The summed E-state index contributed by atoms with van der Waals surface area (Å²) >= 11 is 8.98. The van der Waals surface area contributed by atoms with Crippen LogP contribution >= 0.6 is 27.5 Å². The minimum Gasteiger partial charge on any atom is -0.444 e. The van der Waals surface area contributed by atoms with Crippen molar-refractivity contribution in [3.63, 3.8) is 0 Å². The average molecular weight is 352 g/mol. The summed E-state index contributed by atoms with van der Waals surface area (Å²) in [7, 11) is 0. The van der Waals surface area contributed by atoms with Crippen LogP contribution in [0.15, 0.2) is 21.5 Å². The number of nitrogens with one attached hydrogen (secondary N) is 1. The minimum absolute atomic E-state index is 0.199. The quantitative estimate of drug-likeness (QED) is 0.911. The Morgan fingerprint density at radius 3 is 2.74 bits per heavy atom. The summed E-state index contributed by atoms with van der Waals surface area (Å²) in [6.45, 7) is 5.94. The van der Waals surface area contributed by atoms with Gasteiger partial charge >= 0.3 is 6.09 Å². The number of hydrogen-bond acceptors (Lipinski definition) is 3. The zero-order valence-corrected chi connectivity index (χ0v) is 13.3. The predicted molar refractivity (Wildman–Crippen MR) is 77.6 cm³/mol. The zero-order chi connectivity index (χ0) is 14.6. The van der Waals surface area contributed by atoms with Gasteiger partial charge in [0.05, 0.1) is 9.50 Å². The van der Waals surface area contributed by atoms with Gasteiger partial charge in [0.1, 0.15) is 5.60 Å². The first-order chi connectivity index (χ1) is 8.69. The molecule has 0 saturated carbocycles. The summed E-state index contributed by atoms with van der Waals surface area (Å²) in [5, 5.41) is 3.02. The lowest BCUT2D eigenvalue weighted by Gasteiger charge is -2.19. The number of nitrogens with zero attached hydrogens (tertiary/aromatic N) is 1. The van der Waals surface area contributed by atoms with Crippen LogP contribution in [0.3, 0.4) is 0 Å². The van der Waals surface area contributed by atoms with Crippen molar-refractivity contribution in [3.05, 3.63) is 32.1 Å². The maximum absolute atomic E-state index is 11.7. The molecule has 1 rings (SSSR count). The first kappa shape index (κ1) is 16.0. The van der Waals surface area contributed by atoms with Gasteiger partial charge in [0.25, 0.3) is 5.56 Å². The number of rotatable bonds is 3. The highest BCUT2D eigenvalue weighted by Crippen LogP contribution is 2.11. The molecule has 0 aliphatic carbocycles. The molecule has 0 unspecified atom stereocenters. The first-order valence-corrected chi connectivity index (χ1v) is 6.88. The summed E-state index contributed by atoms with van der Waals surface area (Å²) < 4.78 is 6.89. The third-order valence-corrected chi connectivity index (χ3v) is 2.80. The summed E-state index contributed by atoms with van der Waals surface area (Å²) in [4.78, 5) is 23.2. The fourth-order valence-corrected chi connectivity index (χ4v) is 2.16. The van der Waals surface area contributed by atoms with Gasteiger partial charge in [-0.15, -0.1) is 0 Å². The van der Waals surface area contributed by atoms with E-state index in [0.29, 0.717) is 16.0 Å². The largest absolute Gasteiger partial charge is 0.444 e. The van der Waals surface area contributed by atoms with E-state index in [1.165, 1.54) is 16.8 Å². The van der Waals surface area contributed by atoms with Crippen molar-refractivity contribution in [2.75, 3.05) is 6.54 Å². The number of alkyl carbamates (subject to hydrolysis) is 1. The number of pyridine rings is 1. The van der Waals surface area contributed by atoms with Crippen LogP contribution in [0, 0.1) is 0 Å². The van der Waals surface area contributed by atoms with Crippen LogP contribution in [-0.2, 0) is 11.3 Å². The first-order valence-electron chi connectivity index (χ1n) is 5.71. The van der Waals surface area contributed by atoms with Crippen molar-refractivity contribution in [1.82, 2.24) is 9.88 Å². The lowest BCUT2D eigenvalue weighted by Crippen LogP contribution is -2.35. The molecule has 1 heterocycles. The van der Waals surface area contributed by atoms with E-state index in [2.05, 4.69) is 21.2 Å². The number of ether oxygens (including phenoxy) is 1. The summed E-state index contributed by atoms with van der Waals surface area (Å²) in [6, 6.07) is 1.53. The number of hydrogen-bond donors (Lipinski definition) is 1. The number of amides is 1. The fourth-order valence-electron chi connectivity index (χ4n) is 1.32. The SMILES string of the molecule is CC(C)(C)OC(=O)NCCn1cc(Cl)cc(Br)c1=O. The van der Waals surface area contributed by atoms with Crippen LogP contribution in [-0.4, -0.2) is 22.8 Å². The Hall–Kier alpha value is -1.01. The van der Waals surface area contributed by atoms with E-state index in [-0.39, 0.29) is 12.1 Å². The summed E-state index contributed by atoms with van der Waals surface area (Å²) in [6.07, 6.45) is 1.01. The average Bonchev–Trinajstić information content (AvgIpc) is 2.22. The number of aromatic nitrogens is 1. The molecule has 0 atom stereocenters. The molecule has 0 spiro atoms. The molecule has 0 saturated heterocycles. The monoisotopic (exact) mass is 350 g/mol. The van der Waals surface area contributed by atoms with E-state index in [1.54, 1.807) is 20.8 Å². The molecule has 19 heavy (non-hydrogen) atoms. The number of halogens is 2. The Bertz CT molecular complexity index is 523. The smallest absolute Gasteiger partial charge is 0.407 e. The van der Waals surface area contributed by atoms with E-state index >= 15 is 0 Å². The molecule has 106 valence electrons. The predicted octanol–water partition coefficient (Wildman–Crippen LogP) is 2.79. The number of carbonyl (C=O) groups is 1. The van der Waals surface area contributed by atoms with Crippen LogP contribution in [0.2, 0.25) is 5.02 Å². The van der Waals surface area contributed by atoms with Crippen LogP contribution in [0.25, 0.3) is 0 Å². The van der Waals surface area contributed by atoms with Gasteiger partial charge in [-0.25, -0.2) is 4.79 Å². The van der Waals surface area contributed by atoms with E-state index in [1.807, 2.05) is 0 Å². The Balaban J connectivity index is 2.55. The molecule has 0 aromatic carbocycles. The summed E-state index contributed by atoms with van der Waals surface area (Å²) in [5.41, 5.74) is -0.740. The van der Waals surface area contributed by atoms with E-state index < -0.39 is 11.7 Å². The molecule has 1 amide bonds. The topological polar surface area (TPSA) is 60.3 Å². The second kappa shape index (κ2) is 6.43. The van der Waals surface area contributed by atoms with Crippen molar-refractivity contribution in [1.29, 1.82) is 0 Å². The maximum Gasteiger partial charge on any atom is 0.407 e. The molecule has 0 radical (unpaired) electrons. The van der Waals surface area contributed by atoms with Gasteiger partial charge in [0.15, 0.2) is 0 Å². The second-order valence-corrected chi connectivity index (χ2v) is 6.22. The summed E-state index contributed by atoms with van der Waals surface area (Å²) in [5.74, 6) is 0. The second-order valence-electron chi connectivity index (χ2n) is 4.93. The molecular formula is C12H16BrClN2O3. The molecule has 0 fully saturated rings. The Morgan fingerprint density at radius 1 is 1.53 bits per heavy atom. The molecule has 1 aromatic heterocycles. The number of carbonyl (C=O) groups excluding carboxylic acids is 1. The van der Waals surface area contributed by atoms with Gasteiger partial charge < -0.3 is 14.6 Å². The van der Waals surface area contributed by atoms with Gasteiger partial charge in [0, 0.05) is 19.3 Å². The molecule has 1 N–H and O–H groups in total. The van der Waals surface area contributed by atoms with E-state index in [9.17, 15) is 9.59 Å². The van der Waals surface area contributed by atoms with Gasteiger partial charge in [-0.05, 0) is 42.8 Å². The maximum atomic E-state index is 11.7. The van der Waals surface area contributed by atoms with Gasteiger partial charge in [-0.1, -0.05) is 11.6 Å². The van der Waals surface area contributed by atoms with Crippen molar-refractivity contribution in [2.24, 2.45) is 0 Å². The van der Waals surface area contributed by atoms with Gasteiger partial charge in [0.2, 0.25) is 0 Å². The molecule has 5 nitrogen and oxygen atoms in total. The highest BCUT2D eigenvalue weighted by molar-refractivity contribution is 9.10. The molecule has 7 heteroatoms. The zero-order valence-electron chi connectivity index (χ0n) is 11.0. The fraction of sp³-hybridized carbons (Fsp3) is 0.500.